The molecule has 0 radical (unpaired) electrons. The standard InChI is InChI=1S/C16H12BrClN2O3/c17-14-9-12(18)3-6-15(14)22-8-7-21-13-4-1-11(2-5-13)16-20-19-10-23-16/h1-6,9-10H,7-8H2. The van der Waals surface area contributed by atoms with Gasteiger partial charge in [0.05, 0.1) is 4.47 Å². The molecule has 1 aromatic heterocycles. The number of benzene rings is 2. The van der Waals surface area contributed by atoms with Crippen LogP contribution in [0.2, 0.25) is 5.02 Å². The molecule has 0 N–H and O–H groups in total. The maximum absolute atomic E-state index is 5.88. The predicted molar refractivity (Wildman–Crippen MR) is 89.9 cm³/mol. The molecule has 0 aliphatic carbocycles. The van der Waals surface area contributed by atoms with Gasteiger partial charge in [-0.2, -0.15) is 0 Å². The van der Waals surface area contributed by atoms with Crippen molar-refractivity contribution in [3.05, 3.63) is 58.4 Å². The Morgan fingerprint density at radius 2 is 1.83 bits per heavy atom. The first-order valence-corrected chi connectivity index (χ1v) is 7.97. The largest absolute Gasteiger partial charge is 0.490 e. The monoisotopic (exact) mass is 394 g/mol. The second kappa shape index (κ2) is 7.48. The maximum Gasteiger partial charge on any atom is 0.247 e. The number of halogens is 2. The third-order valence-electron chi connectivity index (χ3n) is 2.96. The van der Waals surface area contributed by atoms with Gasteiger partial charge < -0.3 is 13.9 Å². The molecule has 0 aliphatic heterocycles. The van der Waals surface area contributed by atoms with Gasteiger partial charge in [0.25, 0.3) is 0 Å². The van der Waals surface area contributed by atoms with Crippen LogP contribution >= 0.6 is 27.5 Å². The molecule has 0 fully saturated rings. The van der Waals surface area contributed by atoms with Crippen molar-refractivity contribution in [2.24, 2.45) is 0 Å². The third-order valence-corrected chi connectivity index (χ3v) is 3.82. The summed E-state index contributed by atoms with van der Waals surface area (Å²) in [4.78, 5) is 0. The van der Waals surface area contributed by atoms with Crippen molar-refractivity contribution in [2.75, 3.05) is 13.2 Å². The Kier molecular flexibility index (Phi) is 5.15. The summed E-state index contributed by atoms with van der Waals surface area (Å²) in [6.07, 6.45) is 1.30. The normalized spacial score (nSPS) is 10.5. The van der Waals surface area contributed by atoms with Gasteiger partial charge in [-0.15, -0.1) is 10.2 Å². The van der Waals surface area contributed by atoms with Gasteiger partial charge in [0.1, 0.15) is 24.7 Å². The van der Waals surface area contributed by atoms with E-state index in [-0.39, 0.29) is 0 Å². The summed E-state index contributed by atoms with van der Waals surface area (Å²) < 4.78 is 17.2. The molecule has 0 saturated carbocycles. The van der Waals surface area contributed by atoms with Gasteiger partial charge in [-0.05, 0) is 58.4 Å². The molecule has 0 saturated heterocycles. The van der Waals surface area contributed by atoms with Crippen molar-refractivity contribution in [3.8, 4) is 23.0 Å². The van der Waals surface area contributed by atoms with Crippen molar-refractivity contribution < 1.29 is 13.9 Å². The highest BCUT2D eigenvalue weighted by atomic mass is 79.9. The van der Waals surface area contributed by atoms with Crippen LogP contribution < -0.4 is 9.47 Å². The number of hydrogen-bond donors (Lipinski definition) is 0. The van der Waals surface area contributed by atoms with E-state index in [1.165, 1.54) is 6.39 Å². The zero-order valence-electron chi connectivity index (χ0n) is 11.9. The van der Waals surface area contributed by atoms with E-state index in [1.807, 2.05) is 30.3 Å². The molecule has 118 valence electrons. The summed E-state index contributed by atoms with van der Waals surface area (Å²) in [5.74, 6) is 1.95. The van der Waals surface area contributed by atoms with Gasteiger partial charge >= 0.3 is 0 Å². The maximum atomic E-state index is 5.88. The number of nitrogens with zero attached hydrogens (tertiary/aromatic N) is 2. The third kappa shape index (κ3) is 4.24. The Morgan fingerprint density at radius 1 is 1.04 bits per heavy atom. The molecule has 0 amide bonds. The second-order valence-corrected chi connectivity index (χ2v) is 5.83. The average Bonchev–Trinajstić information content (AvgIpc) is 3.08. The summed E-state index contributed by atoms with van der Waals surface area (Å²) in [5, 5.41) is 8.15. The van der Waals surface area contributed by atoms with E-state index in [0.717, 1.165) is 21.5 Å². The highest BCUT2D eigenvalue weighted by molar-refractivity contribution is 9.10. The number of rotatable bonds is 6. The highest BCUT2D eigenvalue weighted by Gasteiger charge is 2.04. The number of hydrogen-bond acceptors (Lipinski definition) is 5. The van der Waals surface area contributed by atoms with Crippen molar-refractivity contribution in [1.29, 1.82) is 0 Å². The van der Waals surface area contributed by atoms with Crippen LogP contribution in [0.5, 0.6) is 11.5 Å². The fraction of sp³-hybridized carbons (Fsp3) is 0.125. The molecule has 0 unspecified atom stereocenters. The first-order chi connectivity index (χ1) is 11.2. The topological polar surface area (TPSA) is 57.4 Å². The first kappa shape index (κ1) is 15.8. The quantitative estimate of drug-likeness (QED) is 0.570. The molecule has 0 bridgehead atoms. The summed E-state index contributed by atoms with van der Waals surface area (Å²) in [6, 6.07) is 12.8. The Bertz CT molecular complexity index is 764. The van der Waals surface area contributed by atoms with Crippen LogP contribution in [0.4, 0.5) is 0 Å². The Morgan fingerprint density at radius 3 is 2.52 bits per heavy atom. The summed E-state index contributed by atoms with van der Waals surface area (Å²) in [5.41, 5.74) is 0.844. The first-order valence-electron chi connectivity index (χ1n) is 6.79. The van der Waals surface area contributed by atoms with Gasteiger partial charge in [0.2, 0.25) is 12.3 Å². The van der Waals surface area contributed by atoms with Gasteiger partial charge in [-0.1, -0.05) is 11.6 Å². The minimum atomic E-state index is 0.422. The van der Waals surface area contributed by atoms with Gasteiger partial charge in [-0.25, -0.2) is 0 Å². The molecule has 3 aromatic rings. The van der Waals surface area contributed by atoms with E-state index in [1.54, 1.807) is 12.1 Å². The molecule has 7 heteroatoms. The van der Waals surface area contributed by atoms with Crippen LogP contribution in [0.3, 0.4) is 0 Å². The molecule has 5 nitrogen and oxygen atoms in total. The highest BCUT2D eigenvalue weighted by Crippen LogP contribution is 2.28. The second-order valence-electron chi connectivity index (χ2n) is 4.54. The molecule has 23 heavy (non-hydrogen) atoms. The van der Waals surface area contributed by atoms with E-state index in [4.69, 9.17) is 25.5 Å². The van der Waals surface area contributed by atoms with E-state index in [2.05, 4.69) is 26.1 Å². The van der Waals surface area contributed by atoms with E-state index >= 15 is 0 Å². The molecule has 2 aromatic carbocycles. The molecule has 3 rings (SSSR count). The Balaban J connectivity index is 1.49. The van der Waals surface area contributed by atoms with E-state index < -0.39 is 0 Å². The lowest BCUT2D eigenvalue weighted by molar-refractivity contribution is 0.216. The summed E-state index contributed by atoms with van der Waals surface area (Å²) in [7, 11) is 0. The lowest BCUT2D eigenvalue weighted by Gasteiger charge is -2.10. The summed E-state index contributed by atoms with van der Waals surface area (Å²) in [6.45, 7) is 0.848. The lowest BCUT2D eigenvalue weighted by atomic mass is 10.2. The lowest BCUT2D eigenvalue weighted by Crippen LogP contribution is -2.09. The van der Waals surface area contributed by atoms with Crippen LogP contribution in [0.25, 0.3) is 11.5 Å². The average molecular weight is 396 g/mol. The van der Waals surface area contributed by atoms with Crippen LogP contribution in [0.1, 0.15) is 0 Å². The number of aromatic nitrogens is 2. The van der Waals surface area contributed by atoms with Crippen molar-refractivity contribution in [1.82, 2.24) is 10.2 Å². The molecular formula is C16H12BrClN2O3. The van der Waals surface area contributed by atoms with Crippen LogP contribution in [0.15, 0.2) is 57.7 Å². The van der Waals surface area contributed by atoms with Crippen LogP contribution in [-0.2, 0) is 0 Å². The minimum absolute atomic E-state index is 0.422. The zero-order chi connectivity index (χ0) is 16.1. The zero-order valence-corrected chi connectivity index (χ0v) is 14.3. The van der Waals surface area contributed by atoms with Crippen LogP contribution in [-0.4, -0.2) is 23.4 Å². The van der Waals surface area contributed by atoms with E-state index in [0.29, 0.717) is 24.1 Å². The molecule has 1 heterocycles. The Hall–Kier alpha value is -2.05. The predicted octanol–water partition coefficient (Wildman–Crippen LogP) is 4.61. The fourth-order valence-electron chi connectivity index (χ4n) is 1.90. The van der Waals surface area contributed by atoms with Crippen molar-refractivity contribution in [3.63, 3.8) is 0 Å². The fourth-order valence-corrected chi connectivity index (χ4v) is 2.69. The summed E-state index contributed by atoms with van der Waals surface area (Å²) >= 11 is 9.28. The van der Waals surface area contributed by atoms with Gasteiger partial charge in [0, 0.05) is 10.6 Å². The molecule has 0 atom stereocenters. The van der Waals surface area contributed by atoms with Crippen LogP contribution in [0, 0.1) is 0 Å². The minimum Gasteiger partial charge on any atom is -0.490 e. The number of ether oxygens (including phenoxy) is 2. The smallest absolute Gasteiger partial charge is 0.247 e. The van der Waals surface area contributed by atoms with Crippen molar-refractivity contribution in [2.45, 2.75) is 0 Å². The van der Waals surface area contributed by atoms with E-state index in [9.17, 15) is 0 Å². The molecular weight excluding hydrogens is 384 g/mol. The van der Waals surface area contributed by atoms with Gasteiger partial charge in [-0.3, -0.25) is 0 Å². The SMILES string of the molecule is Clc1ccc(OCCOc2ccc(-c3nnco3)cc2)c(Br)c1. The van der Waals surface area contributed by atoms with Crippen molar-refractivity contribution >= 4 is 27.5 Å². The molecule has 0 spiro atoms. The Labute approximate surface area is 146 Å². The van der Waals surface area contributed by atoms with Gasteiger partial charge in [0.15, 0.2) is 0 Å². The molecule has 0 aliphatic rings.